The summed E-state index contributed by atoms with van der Waals surface area (Å²) in [4.78, 5) is 42.8. The molecule has 2 aliphatic heterocycles. The lowest BCUT2D eigenvalue weighted by Crippen LogP contribution is -2.56. The number of amides is 2. The number of anilines is 1. The van der Waals surface area contributed by atoms with Crippen molar-refractivity contribution in [1.82, 2.24) is 9.80 Å². The zero-order valence-electron chi connectivity index (χ0n) is 18.4. The third kappa shape index (κ3) is 4.92. The summed E-state index contributed by atoms with van der Waals surface area (Å²) >= 11 is 0. The molecule has 0 unspecified atom stereocenters. The van der Waals surface area contributed by atoms with Gasteiger partial charge in [-0.15, -0.1) is 0 Å². The van der Waals surface area contributed by atoms with Gasteiger partial charge in [-0.1, -0.05) is 6.07 Å². The van der Waals surface area contributed by atoms with E-state index in [1.54, 1.807) is 21.9 Å². The van der Waals surface area contributed by atoms with Crippen molar-refractivity contribution in [2.75, 3.05) is 44.7 Å². The summed E-state index contributed by atoms with van der Waals surface area (Å²) in [6.07, 6.45) is 0.454. The smallest absolute Gasteiger partial charge is 0.410 e. The number of nitrogens with zero attached hydrogens (tertiary/aromatic N) is 3. The first kappa shape index (κ1) is 22.1. The lowest BCUT2D eigenvalue weighted by molar-refractivity contribution is -0.120. The van der Waals surface area contributed by atoms with E-state index in [0.29, 0.717) is 31.7 Å². The molecule has 0 radical (unpaired) electrons. The third-order valence-corrected chi connectivity index (χ3v) is 5.40. The summed E-state index contributed by atoms with van der Waals surface area (Å²) in [6.45, 7) is 10.1. The molecule has 164 valence electrons. The van der Waals surface area contributed by atoms with Gasteiger partial charge < -0.3 is 19.3 Å². The molecule has 1 atom stereocenters. The van der Waals surface area contributed by atoms with Gasteiger partial charge in [-0.05, 0) is 51.8 Å². The second-order valence-electron chi connectivity index (χ2n) is 8.89. The second kappa shape index (κ2) is 8.63. The van der Waals surface area contributed by atoms with Crippen molar-refractivity contribution >= 4 is 23.7 Å². The number of carbonyl (C=O) groups excluding carboxylic acids is 3. The van der Waals surface area contributed by atoms with Gasteiger partial charge in [-0.3, -0.25) is 9.69 Å². The largest absolute Gasteiger partial charge is 0.465 e. The van der Waals surface area contributed by atoms with Gasteiger partial charge in [0.2, 0.25) is 5.91 Å². The Hall–Kier alpha value is -2.61. The first-order valence-electron chi connectivity index (χ1n) is 10.3. The molecule has 0 aromatic heterocycles. The summed E-state index contributed by atoms with van der Waals surface area (Å²) in [6, 6.07) is 5.31. The molecule has 0 aliphatic carbocycles. The van der Waals surface area contributed by atoms with Crippen molar-refractivity contribution in [2.24, 2.45) is 0 Å². The van der Waals surface area contributed by atoms with Gasteiger partial charge in [0.25, 0.3) is 0 Å². The molecular weight excluding hydrogens is 386 g/mol. The number of rotatable bonds is 3. The van der Waals surface area contributed by atoms with Crippen LogP contribution in [0.1, 0.15) is 43.6 Å². The van der Waals surface area contributed by atoms with Crippen molar-refractivity contribution in [2.45, 2.75) is 45.8 Å². The van der Waals surface area contributed by atoms with Crippen LogP contribution in [0.3, 0.4) is 0 Å². The number of hydrogen-bond acceptors (Lipinski definition) is 6. The Morgan fingerprint density at radius 1 is 1.13 bits per heavy atom. The number of fused-ring (bicyclic) bond motifs is 1. The molecule has 1 aromatic rings. The quantitative estimate of drug-likeness (QED) is 0.702. The van der Waals surface area contributed by atoms with Crippen LogP contribution in [-0.2, 0) is 20.7 Å². The Balaban J connectivity index is 1.61. The van der Waals surface area contributed by atoms with E-state index in [1.807, 2.05) is 33.8 Å². The predicted octanol–water partition coefficient (Wildman–Crippen LogP) is 2.30. The standard InChI is InChI=1S/C22H31N3O5/c1-15-13-23(10-11-24(15)21(28)30-22(2,3)4)14-19(26)25-9-8-16-6-7-17(12-18(16)25)20(27)29-5/h6-7,12,15H,8-11,13-14H2,1-5H3/t15-/m1/s1. The van der Waals surface area contributed by atoms with Crippen LogP contribution in [0.15, 0.2) is 18.2 Å². The van der Waals surface area contributed by atoms with E-state index in [2.05, 4.69) is 4.90 Å². The number of carbonyl (C=O) groups is 3. The molecule has 1 aromatic carbocycles. The number of hydrogen-bond donors (Lipinski definition) is 0. The van der Waals surface area contributed by atoms with Gasteiger partial charge >= 0.3 is 12.1 Å². The number of methoxy groups -OCH3 is 1. The number of ether oxygens (including phenoxy) is 2. The molecule has 0 N–H and O–H groups in total. The van der Waals surface area contributed by atoms with E-state index in [0.717, 1.165) is 17.7 Å². The second-order valence-corrected chi connectivity index (χ2v) is 8.89. The van der Waals surface area contributed by atoms with Crippen LogP contribution in [0.5, 0.6) is 0 Å². The van der Waals surface area contributed by atoms with Crippen molar-refractivity contribution in [3.8, 4) is 0 Å². The highest BCUT2D eigenvalue weighted by molar-refractivity contribution is 5.99. The average Bonchev–Trinajstić information content (AvgIpc) is 3.09. The molecule has 8 nitrogen and oxygen atoms in total. The van der Waals surface area contributed by atoms with E-state index in [9.17, 15) is 14.4 Å². The zero-order chi connectivity index (χ0) is 22.1. The molecule has 2 aliphatic rings. The summed E-state index contributed by atoms with van der Waals surface area (Å²) in [5, 5.41) is 0. The monoisotopic (exact) mass is 417 g/mol. The number of piperazine rings is 1. The molecule has 2 heterocycles. The van der Waals surface area contributed by atoms with E-state index < -0.39 is 11.6 Å². The fraction of sp³-hybridized carbons (Fsp3) is 0.591. The van der Waals surface area contributed by atoms with Gasteiger partial charge in [0.05, 0.1) is 19.2 Å². The molecule has 1 fully saturated rings. The highest BCUT2D eigenvalue weighted by Gasteiger charge is 2.33. The topological polar surface area (TPSA) is 79.4 Å². The summed E-state index contributed by atoms with van der Waals surface area (Å²) in [7, 11) is 1.34. The number of esters is 1. The minimum atomic E-state index is -0.532. The van der Waals surface area contributed by atoms with Crippen molar-refractivity contribution < 1.29 is 23.9 Å². The minimum absolute atomic E-state index is 0.00585. The Morgan fingerprint density at radius 2 is 1.87 bits per heavy atom. The Morgan fingerprint density at radius 3 is 2.50 bits per heavy atom. The highest BCUT2D eigenvalue weighted by Crippen LogP contribution is 2.29. The normalized spacial score (nSPS) is 19.4. The van der Waals surface area contributed by atoms with Crippen LogP contribution in [0, 0.1) is 0 Å². The Labute approximate surface area is 177 Å². The molecular formula is C22H31N3O5. The summed E-state index contributed by atoms with van der Waals surface area (Å²) in [5.74, 6) is -0.419. The van der Waals surface area contributed by atoms with E-state index in [-0.39, 0.29) is 24.6 Å². The van der Waals surface area contributed by atoms with Crippen LogP contribution >= 0.6 is 0 Å². The van der Waals surface area contributed by atoms with Gasteiger partial charge in [0, 0.05) is 37.9 Å². The van der Waals surface area contributed by atoms with E-state index in [4.69, 9.17) is 9.47 Å². The van der Waals surface area contributed by atoms with Crippen LogP contribution in [0.25, 0.3) is 0 Å². The van der Waals surface area contributed by atoms with Crippen molar-refractivity contribution in [3.63, 3.8) is 0 Å². The van der Waals surface area contributed by atoms with Crippen LogP contribution in [-0.4, -0.2) is 79.2 Å². The first-order chi connectivity index (χ1) is 14.1. The zero-order valence-corrected chi connectivity index (χ0v) is 18.4. The molecule has 8 heteroatoms. The lowest BCUT2D eigenvalue weighted by atomic mass is 10.1. The maximum Gasteiger partial charge on any atom is 0.410 e. The highest BCUT2D eigenvalue weighted by atomic mass is 16.6. The van der Waals surface area contributed by atoms with E-state index in [1.165, 1.54) is 7.11 Å². The summed E-state index contributed by atoms with van der Waals surface area (Å²) < 4.78 is 10.3. The molecule has 1 saturated heterocycles. The fourth-order valence-corrected chi connectivity index (χ4v) is 3.93. The maximum absolute atomic E-state index is 13.0. The maximum atomic E-state index is 13.0. The molecule has 3 rings (SSSR count). The molecule has 0 bridgehead atoms. The van der Waals surface area contributed by atoms with Crippen molar-refractivity contribution in [1.29, 1.82) is 0 Å². The van der Waals surface area contributed by atoms with Crippen LogP contribution in [0.2, 0.25) is 0 Å². The van der Waals surface area contributed by atoms with Gasteiger partial charge in [-0.2, -0.15) is 0 Å². The summed E-state index contributed by atoms with van der Waals surface area (Å²) in [5.41, 5.74) is 1.74. The van der Waals surface area contributed by atoms with Gasteiger partial charge in [-0.25, -0.2) is 9.59 Å². The number of benzene rings is 1. The molecule has 0 spiro atoms. The minimum Gasteiger partial charge on any atom is -0.465 e. The Bertz CT molecular complexity index is 833. The average molecular weight is 418 g/mol. The fourth-order valence-electron chi connectivity index (χ4n) is 3.93. The molecule has 2 amide bonds. The molecule has 0 saturated carbocycles. The van der Waals surface area contributed by atoms with Crippen LogP contribution in [0.4, 0.5) is 10.5 Å². The predicted molar refractivity (Wildman–Crippen MR) is 113 cm³/mol. The SMILES string of the molecule is COC(=O)c1ccc2c(c1)N(C(=O)CN1CCN(C(=O)OC(C)(C)C)[C@H](C)C1)CC2. The first-order valence-corrected chi connectivity index (χ1v) is 10.3. The van der Waals surface area contributed by atoms with Crippen molar-refractivity contribution in [3.05, 3.63) is 29.3 Å². The van der Waals surface area contributed by atoms with Gasteiger partial charge in [0.15, 0.2) is 0 Å². The Kier molecular flexibility index (Phi) is 6.36. The lowest BCUT2D eigenvalue weighted by Gasteiger charge is -2.40. The van der Waals surface area contributed by atoms with E-state index >= 15 is 0 Å². The molecule has 30 heavy (non-hydrogen) atoms. The van der Waals surface area contributed by atoms with Gasteiger partial charge in [0.1, 0.15) is 5.60 Å². The van der Waals surface area contributed by atoms with Crippen LogP contribution < -0.4 is 4.90 Å². The third-order valence-electron chi connectivity index (χ3n) is 5.40.